The lowest BCUT2D eigenvalue weighted by Gasteiger charge is -2.41. The fourth-order valence-electron chi connectivity index (χ4n) is 3.21. The number of carbonyl (C=O) groups excluding carboxylic acids is 1. The van der Waals surface area contributed by atoms with Crippen molar-refractivity contribution >= 4 is 11.7 Å². The van der Waals surface area contributed by atoms with Crippen LogP contribution in [0.25, 0.3) is 0 Å². The van der Waals surface area contributed by atoms with Crippen molar-refractivity contribution in [1.29, 1.82) is 0 Å². The first kappa shape index (κ1) is 12.3. The predicted molar refractivity (Wildman–Crippen MR) is 80.7 cm³/mol. The normalized spacial score (nSPS) is 23.1. The molecular formula is C17H16N2O2. The summed E-state index contributed by atoms with van der Waals surface area (Å²) in [5.41, 5.74) is 2.59. The highest BCUT2D eigenvalue weighted by Gasteiger charge is 2.51. The third-order valence-corrected chi connectivity index (χ3v) is 4.30. The van der Waals surface area contributed by atoms with Crippen molar-refractivity contribution in [1.82, 2.24) is 5.32 Å². The number of nitrogens with zero attached hydrogens (tertiary/aromatic N) is 1. The van der Waals surface area contributed by atoms with Crippen LogP contribution in [0.15, 0.2) is 48.5 Å². The molecule has 1 N–H and O–H groups in total. The molecule has 0 aromatic heterocycles. The lowest BCUT2D eigenvalue weighted by molar-refractivity contribution is 0.206. The molecule has 1 saturated heterocycles. The predicted octanol–water partition coefficient (Wildman–Crippen LogP) is 2.81. The van der Waals surface area contributed by atoms with Gasteiger partial charge >= 0.3 is 6.03 Å². The van der Waals surface area contributed by atoms with E-state index in [1.54, 1.807) is 0 Å². The zero-order valence-corrected chi connectivity index (χ0v) is 11.8. The number of urea groups is 1. The minimum Gasteiger partial charge on any atom is -0.488 e. The highest BCUT2D eigenvalue weighted by atomic mass is 16.5. The summed E-state index contributed by atoms with van der Waals surface area (Å²) in [6.07, 6.45) is 0. The van der Waals surface area contributed by atoms with Crippen molar-refractivity contribution in [2.75, 3.05) is 18.1 Å². The van der Waals surface area contributed by atoms with Gasteiger partial charge in [0, 0.05) is 0 Å². The molecule has 0 spiro atoms. The van der Waals surface area contributed by atoms with Crippen LogP contribution < -0.4 is 15.0 Å². The molecule has 4 nitrogen and oxygen atoms in total. The average molecular weight is 280 g/mol. The molecule has 0 bridgehead atoms. The first-order chi connectivity index (χ1) is 10.2. The molecule has 2 aliphatic rings. The second-order valence-electron chi connectivity index (χ2n) is 5.65. The SMILES string of the molecule is Cc1ccc2c(c1)N1C(=O)NCC1(c1ccccc1)CO2. The monoisotopic (exact) mass is 280 g/mol. The Kier molecular flexibility index (Phi) is 2.48. The van der Waals surface area contributed by atoms with E-state index < -0.39 is 5.54 Å². The largest absolute Gasteiger partial charge is 0.488 e. The summed E-state index contributed by atoms with van der Waals surface area (Å²) < 4.78 is 5.96. The number of carbonyl (C=O) groups is 1. The van der Waals surface area contributed by atoms with Crippen LogP contribution in [0.1, 0.15) is 11.1 Å². The van der Waals surface area contributed by atoms with E-state index in [0.717, 1.165) is 22.6 Å². The second kappa shape index (κ2) is 4.25. The first-order valence-corrected chi connectivity index (χ1v) is 7.08. The van der Waals surface area contributed by atoms with Crippen LogP contribution in [0.5, 0.6) is 5.75 Å². The van der Waals surface area contributed by atoms with E-state index in [2.05, 4.69) is 17.4 Å². The molecule has 1 unspecified atom stereocenters. The molecule has 0 radical (unpaired) electrons. The number of anilines is 1. The van der Waals surface area contributed by atoms with Crippen LogP contribution in [0.3, 0.4) is 0 Å². The number of ether oxygens (including phenoxy) is 1. The summed E-state index contributed by atoms with van der Waals surface area (Å²) in [5.74, 6) is 0.768. The minimum absolute atomic E-state index is 0.0611. The molecular weight excluding hydrogens is 264 g/mol. The van der Waals surface area contributed by atoms with Gasteiger partial charge in [-0.25, -0.2) is 4.79 Å². The van der Waals surface area contributed by atoms with Crippen LogP contribution in [-0.2, 0) is 5.54 Å². The lowest BCUT2D eigenvalue weighted by Crippen LogP contribution is -2.51. The van der Waals surface area contributed by atoms with Crippen molar-refractivity contribution in [3.8, 4) is 5.75 Å². The summed E-state index contributed by atoms with van der Waals surface area (Å²) >= 11 is 0. The molecule has 2 aliphatic heterocycles. The van der Waals surface area contributed by atoms with E-state index in [1.165, 1.54) is 0 Å². The van der Waals surface area contributed by atoms with Crippen molar-refractivity contribution < 1.29 is 9.53 Å². The van der Waals surface area contributed by atoms with Crippen molar-refractivity contribution in [3.63, 3.8) is 0 Å². The number of aryl methyl sites for hydroxylation is 1. The Balaban J connectivity index is 1.92. The lowest BCUT2D eigenvalue weighted by atomic mass is 9.88. The van der Waals surface area contributed by atoms with Gasteiger partial charge < -0.3 is 10.1 Å². The maximum atomic E-state index is 12.4. The summed E-state index contributed by atoms with van der Waals surface area (Å²) in [7, 11) is 0. The van der Waals surface area contributed by atoms with E-state index in [0.29, 0.717) is 13.2 Å². The molecule has 4 heteroatoms. The highest BCUT2D eigenvalue weighted by molar-refractivity contribution is 5.98. The van der Waals surface area contributed by atoms with Crippen molar-refractivity contribution in [2.45, 2.75) is 12.5 Å². The fourth-order valence-corrected chi connectivity index (χ4v) is 3.21. The number of fused-ring (bicyclic) bond motifs is 3. The van der Waals surface area contributed by atoms with Gasteiger partial charge in [0.2, 0.25) is 0 Å². The summed E-state index contributed by atoms with van der Waals surface area (Å²) in [5, 5.41) is 2.97. The molecule has 106 valence electrons. The number of nitrogens with one attached hydrogen (secondary N) is 1. The van der Waals surface area contributed by atoms with Crippen LogP contribution in [0, 0.1) is 6.92 Å². The Bertz CT molecular complexity index is 714. The molecule has 0 aliphatic carbocycles. The van der Waals surface area contributed by atoms with E-state index in [-0.39, 0.29) is 6.03 Å². The standard InChI is InChI=1S/C17H16N2O2/c1-12-7-8-15-14(9-12)19-16(20)18-10-17(19,11-21-15)13-5-3-2-4-6-13/h2-9H,10-11H2,1H3,(H,18,20). The Morgan fingerprint density at radius 2 is 2.00 bits per heavy atom. The average Bonchev–Trinajstić information content (AvgIpc) is 2.87. The summed E-state index contributed by atoms with van der Waals surface area (Å²) in [6.45, 7) is 3.04. The smallest absolute Gasteiger partial charge is 0.323 e. The van der Waals surface area contributed by atoms with Gasteiger partial charge in [-0.15, -0.1) is 0 Å². The van der Waals surface area contributed by atoms with Gasteiger partial charge in [-0.05, 0) is 30.2 Å². The van der Waals surface area contributed by atoms with E-state index in [9.17, 15) is 4.79 Å². The number of rotatable bonds is 1. The number of hydrogen-bond acceptors (Lipinski definition) is 2. The van der Waals surface area contributed by atoms with Gasteiger partial charge in [0.1, 0.15) is 17.9 Å². The van der Waals surface area contributed by atoms with Gasteiger partial charge in [0.15, 0.2) is 0 Å². The van der Waals surface area contributed by atoms with Gasteiger partial charge in [-0.2, -0.15) is 0 Å². The first-order valence-electron chi connectivity index (χ1n) is 7.08. The van der Waals surface area contributed by atoms with Gasteiger partial charge in [-0.3, -0.25) is 4.90 Å². The minimum atomic E-state index is -0.459. The van der Waals surface area contributed by atoms with Crippen LogP contribution in [0.2, 0.25) is 0 Å². The van der Waals surface area contributed by atoms with Gasteiger partial charge in [0.25, 0.3) is 0 Å². The van der Waals surface area contributed by atoms with Crippen LogP contribution >= 0.6 is 0 Å². The molecule has 2 aromatic rings. The second-order valence-corrected chi connectivity index (χ2v) is 5.65. The van der Waals surface area contributed by atoms with Gasteiger partial charge in [0.05, 0.1) is 12.2 Å². The molecule has 2 heterocycles. The van der Waals surface area contributed by atoms with E-state index in [1.807, 2.05) is 48.2 Å². The van der Waals surface area contributed by atoms with Crippen LogP contribution in [-0.4, -0.2) is 19.2 Å². The number of benzene rings is 2. The zero-order chi connectivity index (χ0) is 14.4. The highest BCUT2D eigenvalue weighted by Crippen LogP contribution is 2.45. The third-order valence-electron chi connectivity index (χ3n) is 4.30. The Morgan fingerprint density at radius 3 is 2.81 bits per heavy atom. The summed E-state index contributed by atoms with van der Waals surface area (Å²) in [4.78, 5) is 14.3. The molecule has 2 amide bonds. The Hall–Kier alpha value is -2.49. The zero-order valence-electron chi connectivity index (χ0n) is 11.8. The quantitative estimate of drug-likeness (QED) is 0.872. The van der Waals surface area contributed by atoms with Crippen molar-refractivity contribution in [3.05, 3.63) is 59.7 Å². The van der Waals surface area contributed by atoms with Gasteiger partial charge in [-0.1, -0.05) is 36.4 Å². The number of amides is 2. The molecule has 1 atom stereocenters. The molecule has 1 fully saturated rings. The maximum absolute atomic E-state index is 12.4. The maximum Gasteiger partial charge on any atom is 0.323 e. The topological polar surface area (TPSA) is 41.6 Å². The third kappa shape index (κ3) is 1.65. The molecule has 4 rings (SSSR count). The van der Waals surface area contributed by atoms with Crippen molar-refractivity contribution in [2.24, 2.45) is 0 Å². The molecule has 2 aromatic carbocycles. The van der Waals surface area contributed by atoms with E-state index >= 15 is 0 Å². The molecule has 0 saturated carbocycles. The Labute approximate surface area is 123 Å². The fraction of sp³-hybridized carbons (Fsp3) is 0.235. The number of hydrogen-bond donors (Lipinski definition) is 1. The summed E-state index contributed by atoms with van der Waals surface area (Å²) in [6, 6.07) is 16.0. The molecule has 21 heavy (non-hydrogen) atoms. The van der Waals surface area contributed by atoms with Crippen LogP contribution in [0.4, 0.5) is 10.5 Å². The van der Waals surface area contributed by atoms with E-state index in [4.69, 9.17) is 4.74 Å². The Morgan fingerprint density at radius 1 is 1.19 bits per heavy atom.